The van der Waals surface area contributed by atoms with Gasteiger partial charge >= 0.3 is 0 Å². The molecule has 5 nitrogen and oxygen atoms in total. The highest BCUT2D eigenvalue weighted by atomic mass is 35.5. The zero-order valence-electron chi connectivity index (χ0n) is 20.6. The minimum absolute atomic E-state index is 0. The number of hydrogen-bond donors (Lipinski definition) is 0. The first-order valence-electron chi connectivity index (χ1n) is 11.4. The number of ether oxygens (including phenoxy) is 2. The van der Waals surface area contributed by atoms with Crippen LogP contribution in [0, 0.1) is 0 Å². The lowest BCUT2D eigenvalue weighted by atomic mass is 10.1. The van der Waals surface area contributed by atoms with Crippen molar-refractivity contribution in [1.29, 1.82) is 0 Å². The zero-order chi connectivity index (χ0) is 25.3. The third kappa shape index (κ3) is 7.17. The molecule has 0 aliphatic heterocycles. The Morgan fingerprint density at radius 3 is 2.30 bits per heavy atom. The molecule has 0 aliphatic carbocycles. The van der Waals surface area contributed by atoms with Crippen molar-refractivity contribution in [1.82, 2.24) is 4.98 Å². The molecule has 4 rings (SSSR count). The summed E-state index contributed by atoms with van der Waals surface area (Å²) in [5, 5.41) is 3.05. The summed E-state index contributed by atoms with van der Waals surface area (Å²) in [4.78, 5) is 11.7. The van der Waals surface area contributed by atoms with Crippen molar-refractivity contribution in [2.45, 2.75) is 0 Å². The van der Waals surface area contributed by atoms with Gasteiger partial charge in [-0.2, -0.15) is 0 Å². The summed E-state index contributed by atoms with van der Waals surface area (Å²) in [6.45, 7) is 1.37. The fourth-order valence-electron chi connectivity index (χ4n) is 3.81. The summed E-state index contributed by atoms with van der Waals surface area (Å²) in [5.41, 5.74) is 5.56. The average Bonchev–Trinajstić information content (AvgIpc) is 3.42. The molecule has 0 unspecified atom stereocenters. The molecule has 0 N–H and O–H groups in total. The predicted molar refractivity (Wildman–Crippen MR) is 161 cm³/mol. The number of nitrogens with zero attached hydrogens (tertiary/aromatic N) is 3. The van der Waals surface area contributed by atoms with Crippen molar-refractivity contribution in [3.8, 4) is 33.3 Å². The van der Waals surface area contributed by atoms with E-state index in [2.05, 4.69) is 22.4 Å². The van der Waals surface area contributed by atoms with Crippen LogP contribution in [0.4, 0.5) is 11.4 Å². The molecule has 0 saturated carbocycles. The Hall–Kier alpha value is -2.77. The van der Waals surface area contributed by atoms with Gasteiger partial charge in [-0.05, 0) is 35.9 Å². The van der Waals surface area contributed by atoms with E-state index in [-0.39, 0.29) is 12.4 Å². The molecule has 3 aromatic carbocycles. The quantitative estimate of drug-likeness (QED) is 0.134. The Kier molecular flexibility index (Phi) is 11.1. The van der Waals surface area contributed by atoms with E-state index in [0.717, 1.165) is 44.5 Å². The number of aromatic nitrogens is 1. The summed E-state index contributed by atoms with van der Waals surface area (Å²) in [6, 6.07) is 22.1. The van der Waals surface area contributed by atoms with Gasteiger partial charge in [-0.15, -0.1) is 46.9 Å². The van der Waals surface area contributed by atoms with Crippen LogP contribution in [-0.4, -0.2) is 50.3 Å². The molecule has 37 heavy (non-hydrogen) atoms. The molecule has 0 bridgehead atoms. The molecule has 0 fully saturated rings. The fourth-order valence-corrected chi connectivity index (χ4v) is 5.05. The molecule has 0 radical (unpaired) electrons. The first-order chi connectivity index (χ1) is 17.7. The Balaban J connectivity index is 0.00000380. The molecule has 4 aromatic rings. The van der Waals surface area contributed by atoms with Gasteiger partial charge in [-0.3, -0.25) is 4.99 Å². The predicted octanol–water partition coefficient (Wildman–Crippen LogP) is 7.95. The van der Waals surface area contributed by atoms with Gasteiger partial charge < -0.3 is 14.4 Å². The van der Waals surface area contributed by atoms with Crippen molar-refractivity contribution in [3.63, 3.8) is 0 Å². The van der Waals surface area contributed by atoms with Crippen LogP contribution in [0.15, 0.2) is 77.1 Å². The van der Waals surface area contributed by atoms with Crippen LogP contribution in [0.25, 0.3) is 21.8 Å². The highest BCUT2D eigenvalue weighted by Crippen LogP contribution is 2.35. The second-order valence-corrected chi connectivity index (χ2v) is 9.46. The van der Waals surface area contributed by atoms with E-state index in [1.165, 1.54) is 0 Å². The minimum Gasteiger partial charge on any atom is -0.495 e. The molecular weight excluding hydrogens is 549 g/mol. The number of hydrogen-bond acceptors (Lipinski definition) is 6. The van der Waals surface area contributed by atoms with Crippen molar-refractivity contribution < 1.29 is 9.47 Å². The van der Waals surface area contributed by atoms with Gasteiger partial charge in [0.1, 0.15) is 22.2 Å². The highest BCUT2D eigenvalue weighted by molar-refractivity contribution is 7.13. The van der Waals surface area contributed by atoms with Gasteiger partial charge in [0, 0.05) is 47.6 Å². The standard InChI is InChI=1S/C28H27Cl2N3O2S.ClH/c1-34-26-11-9-22(24-19-36-28(32-24)21-6-4-3-5-7-21)17-23(26)31-18-20-8-10-25(27(16-20)35-2)33(14-12-29)15-13-30;/h3-11,16-19H,12-15H2,1-2H3;1H. The van der Waals surface area contributed by atoms with Gasteiger partial charge in [0.2, 0.25) is 0 Å². The van der Waals surface area contributed by atoms with E-state index in [4.69, 9.17) is 42.7 Å². The summed E-state index contributed by atoms with van der Waals surface area (Å²) in [7, 11) is 3.30. The normalized spacial score (nSPS) is 10.8. The summed E-state index contributed by atoms with van der Waals surface area (Å²) >= 11 is 13.6. The Morgan fingerprint density at radius 2 is 1.62 bits per heavy atom. The monoisotopic (exact) mass is 575 g/mol. The smallest absolute Gasteiger partial charge is 0.144 e. The summed E-state index contributed by atoms with van der Waals surface area (Å²) in [6.07, 6.45) is 1.80. The lowest BCUT2D eigenvalue weighted by Gasteiger charge is -2.25. The molecule has 0 amide bonds. The number of methoxy groups -OCH3 is 2. The Labute approximate surface area is 238 Å². The van der Waals surface area contributed by atoms with E-state index in [1.807, 2.05) is 54.6 Å². The van der Waals surface area contributed by atoms with Crippen LogP contribution >= 0.6 is 46.9 Å². The summed E-state index contributed by atoms with van der Waals surface area (Å²) < 4.78 is 11.2. The number of alkyl halides is 2. The Morgan fingerprint density at radius 1 is 0.892 bits per heavy atom. The van der Waals surface area contributed by atoms with Crippen molar-refractivity contribution in [3.05, 3.63) is 77.7 Å². The first kappa shape index (κ1) is 28.8. The van der Waals surface area contributed by atoms with Gasteiger partial charge in [0.25, 0.3) is 0 Å². The van der Waals surface area contributed by atoms with Gasteiger partial charge in [0.05, 0.1) is 25.6 Å². The van der Waals surface area contributed by atoms with E-state index in [9.17, 15) is 0 Å². The number of halogens is 3. The summed E-state index contributed by atoms with van der Waals surface area (Å²) in [5.74, 6) is 2.44. The number of anilines is 1. The van der Waals surface area contributed by atoms with Gasteiger partial charge in [-0.25, -0.2) is 4.98 Å². The molecule has 0 aliphatic rings. The second-order valence-electron chi connectivity index (χ2n) is 7.85. The zero-order valence-corrected chi connectivity index (χ0v) is 23.7. The van der Waals surface area contributed by atoms with Crippen molar-refractivity contribution in [2.24, 2.45) is 4.99 Å². The van der Waals surface area contributed by atoms with Crippen LogP contribution in [0.2, 0.25) is 0 Å². The van der Waals surface area contributed by atoms with Crippen molar-refractivity contribution >= 4 is 64.5 Å². The lowest BCUT2D eigenvalue weighted by molar-refractivity contribution is 0.414. The first-order valence-corrected chi connectivity index (χ1v) is 13.4. The van der Waals surface area contributed by atoms with E-state index in [0.29, 0.717) is 30.6 Å². The highest BCUT2D eigenvalue weighted by Gasteiger charge is 2.13. The third-order valence-corrected chi connectivity index (χ3v) is 6.84. The maximum atomic E-state index is 5.98. The SMILES string of the molecule is COc1ccc(-c2csc(-c3ccccc3)n2)cc1N=Cc1ccc(N(CCCl)CCCl)c(OC)c1.Cl. The van der Waals surface area contributed by atoms with Crippen LogP contribution in [-0.2, 0) is 0 Å². The number of benzene rings is 3. The van der Waals surface area contributed by atoms with Gasteiger partial charge in [-0.1, -0.05) is 36.4 Å². The molecule has 9 heteroatoms. The largest absolute Gasteiger partial charge is 0.495 e. The average molecular weight is 577 g/mol. The molecular formula is C28H28Cl3N3O2S. The van der Waals surface area contributed by atoms with E-state index in [1.54, 1.807) is 31.8 Å². The van der Waals surface area contributed by atoms with Crippen LogP contribution in [0.3, 0.4) is 0 Å². The van der Waals surface area contributed by atoms with E-state index >= 15 is 0 Å². The molecule has 0 spiro atoms. The maximum absolute atomic E-state index is 5.98. The topological polar surface area (TPSA) is 47.0 Å². The van der Waals surface area contributed by atoms with Crippen LogP contribution in [0.1, 0.15) is 5.56 Å². The minimum atomic E-state index is 0. The molecule has 0 atom stereocenters. The Bertz CT molecular complexity index is 1310. The van der Waals surface area contributed by atoms with Crippen LogP contribution in [0.5, 0.6) is 11.5 Å². The van der Waals surface area contributed by atoms with Crippen LogP contribution < -0.4 is 14.4 Å². The molecule has 1 aromatic heterocycles. The number of thiazole rings is 1. The van der Waals surface area contributed by atoms with Crippen molar-refractivity contribution in [2.75, 3.05) is 44.0 Å². The maximum Gasteiger partial charge on any atom is 0.144 e. The lowest BCUT2D eigenvalue weighted by Crippen LogP contribution is -2.28. The third-order valence-electron chi connectivity index (χ3n) is 5.61. The fraction of sp³-hybridized carbons (Fsp3) is 0.214. The van der Waals surface area contributed by atoms with E-state index < -0.39 is 0 Å². The van der Waals surface area contributed by atoms with Gasteiger partial charge in [0.15, 0.2) is 0 Å². The number of aliphatic imine (C=N–C) groups is 1. The molecule has 1 heterocycles. The molecule has 194 valence electrons. The number of rotatable bonds is 11. The molecule has 0 saturated heterocycles. The second kappa shape index (κ2) is 14.2.